The van der Waals surface area contributed by atoms with E-state index in [0.717, 1.165) is 12.1 Å². The number of carbonyl (C=O) groups is 3. The third-order valence-corrected chi connectivity index (χ3v) is 4.04. The van der Waals surface area contributed by atoms with Crippen molar-refractivity contribution in [3.8, 4) is 0 Å². The number of hydrogen-bond acceptors (Lipinski definition) is 3. The van der Waals surface area contributed by atoms with E-state index in [0.29, 0.717) is 25.3 Å². The maximum atomic E-state index is 12.7. The van der Waals surface area contributed by atoms with Crippen LogP contribution in [0.1, 0.15) is 41.6 Å². The van der Waals surface area contributed by atoms with Crippen molar-refractivity contribution in [2.24, 2.45) is 11.7 Å². The summed E-state index contributed by atoms with van der Waals surface area (Å²) in [4.78, 5) is 35.3. The number of halogens is 3. The van der Waals surface area contributed by atoms with E-state index in [2.05, 4.69) is 5.32 Å². The van der Waals surface area contributed by atoms with Gasteiger partial charge in [0, 0.05) is 18.4 Å². The van der Waals surface area contributed by atoms with Crippen LogP contribution >= 0.6 is 0 Å². The number of Topliss-reactive ketones (excluding diaryl/α,β-unsaturated/α-hetero) is 1. The summed E-state index contributed by atoms with van der Waals surface area (Å²) in [6, 6.07) is 2.80. The summed E-state index contributed by atoms with van der Waals surface area (Å²) < 4.78 is 38.1. The number of hydrogen-bond donors (Lipinski definition) is 2. The summed E-state index contributed by atoms with van der Waals surface area (Å²) in [7, 11) is 0. The van der Waals surface area contributed by atoms with Crippen LogP contribution in [0.15, 0.2) is 24.3 Å². The van der Waals surface area contributed by atoms with Gasteiger partial charge in [-0.05, 0) is 37.0 Å². The smallest absolute Gasteiger partial charge is 0.368 e. The molecule has 24 heavy (non-hydrogen) atoms. The molecule has 0 aliphatic heterocycles. The Morgan fingerprint density at radius 3 is 2.58 bits per heavy atom. The minimum atomic E-state index is -4.57. The summed E-state index contributed by atoms with van der Waals surface area (Å²) in [5, 5.41) is 2.37. The van der Waals surface area contributed by atoms with Crippen molar-refractivity contribution in [1.82, 2.24) is 5.32 Å². The number of rotatable bonds is 4. The van der Waals surface area contributed by atoms with Crippen molar-refractivity contribution in [2.75, 3.05) is 0 Å². The molecule has 0 radical (unpaired) electrons. The standard InChI is InChI=1S/C16H17F3N2O3/c17-16(18,19)11-5-1-4-10(7-11)15(24)21-13(14(20)23)9-3-2-6-12(22)8-9/h1,4-5,7,9,13H,2-3,6,8H2,(H2,20,23)(H,21,24)/t9-,13-/m1/s1. The van der Waals surface area contributed by atoms with Crippen LogP contribution in [0, 0.1) is 5.92 Å². The van der Waals surface area contributed by atoms with Gasteiger partial charge in [-0.25, -0.2) is 0 Å². The van der Waals surface area contributed by atoms with Gasteiger partial charge < -0.3 is 11.1 Å². The number of primary amides is 1. The maximum Gasteiger partial charge on any atom is 0.416 e. The molecule has 1 fully saturated rings. The lowest BCUT2D eigenvalue weighted by molar-refractivity contribution is -0.137. The van der Waals surface area contributed by atoms with Crippen LogP contribution in [-0.4, -0.2) is 23.6 Å². The fourth-order valence-electron chi connectivity index (χ4n) is 2.83. The van der Waals surface area contributed by atoms with Crippen molar-refractivity contribution in [3.63, 3.8) is 0 Å². The molecule has 2 atom stereocenters. The Kier molecular flexibility index (Phi) is 5.26. The Labute approximate surface area is 136 Å². The predicted molar refractivity (Wildman–Crippen MR) is 78.9 cm³/mol. The van der Waals surface area contributed by atoms with E-state index < -0.39 is 35.5 Å². The Hall–Kier alpha value is -2.38. The molecule has 1 aliphatic carbocycles. The van der Waals surface area contributed by atoms with Crippen molar-refractivity contribution in [3.05, 3.63) is 35.4 Å². The fraction of sp³-hybridized carbons (Fsp3) is 0.438. The zero-order chi connectivity index (χ0) is 17.9. The molecule has 2 amide bonds. The first-order valence-corrected chi connectivity index (χ1v) is 7.47. The number of amides is 2. The maximum absolute atomic E-state index is 12.7. The van der Waals surface area contributed by atoms with E-state index in [1.807, 2.05) is 0 Å². The minimum absolute atomic E-state index is 0.0224. The summed E-state index contributed by atoms with van der Waals surface area (Å²) in [5.74, 6) is -2.10. The summed E-state index contributed by atoms with van der Waals surface area (Å²) in [5.41, 5.74) is 4.11. The molecule has 1 aromatic rings. The number of nitrogens with two attached hydrogens (primary N) is 1. The van der Waals surface area contributed by atoms with Crippen molar-refractivity contribution in [1.29, 1.82) is 0 Å². The van der Waals surface area contributed by atoms with Gasteiger partial charge in [0.15, 0.2) is 0 Å². The third kappa shape index (κ3) is 4.33. The summed E-state index contributed by atoms with van der Waals surface area (Å²) in [6.07, 6.45) is -2.90. The molecule has 3 N–H and O–H groups in total. The van der Waals surface area contributed by atoms with Crippen LogP contribution in [0.3, 0.4) is 0 Å². The van der Waals surface area contributed by atoms with Crippen LogP contribution in [0.4, 0.5) is 13.2 Å². The van der Waals surface area contributed by atoms with Crippen LogP contribution in [0.25, 0.3) is 0 Å². The molecular formula is C16H17F3N2O3. The lowest BCUT2D eigenvalue weighted by atomic mass is 9.82. The molecule has 0 bridgehead atoms. The van der Waals surface area contributed by atoms with Crippen molar-refractivity contribution in [2.45, 2.75) is 37.9 Å². The van der Waals surface area contributed by atoms with Crippen LogP contribution in [0.5, 0.6) is 0 Å². The van der Waals surface area contributed by atoms with Gasteiger partial charge >= 0.3 is 6.18 Å². The van der Waals surface area contributed by atoms with Gasteiger partial charge in [-0.1, -0.05) is 6.07 Å². The SMILES string of the molecule is NC(=O)[C@H](NC(=O)c1cccc(C(F)(F)F)c1)[C@@H]1CCCC(=O)C1. The van der Waals surface area contributed by atoms with E-state index in [1.165, 1.54) is 6.07 Å². The molecule has 0 saturated heterocycles. The molecule has 8 heteroatoms. The second kappa shape index (κ2) is 7.02. The molecule has 1 aromatic carbocycles. The highest BCUT2D eigenvalue weighted by molar-refractivity contribution is 5.97. The van der Waals surface area contributed by atoms with E-state index >= 15 is 0 Å². The average molecular weight is 342 g/mol. The lowest BCUT2D eigenvalue weighted by Gasteiger charge is -2.28. The quantitative estimate of drug-likeness (QED) is 0.877. The molecule has 130 valence electrons. The molecule has 5 nitrogen and oxygen atoms in total. The topological polar surface area (TPSA) is 89.3 Å². The molecule has 1 aliphatic rings. The first kappa shape index (κ1) is 18.0. The molecule has 0 aromatic heterocycles. The number of benzene rings is 1. The summed E-state index contributed by atoms with van der Waals surface area (Å²) >= 11 is 0. The van der Waals surface area contributed by atoms with Crippen molar-refractivity contribution < 1.29 is 27.6 Å². The predicted octanol–water partition coefficient (Wildman–Crippen LogP) is 2.05. The fourth-order valence-corrected chi connectivity index (χ4v) is 2.83. The minimum Gasteiger partial charge on any atom is -0.368 e. The largest absolute Gasteiger partial charge is 0.416 e. The molecule has 2 rings (SSSR count). The van der Waals surface area contributed by atoms with E-state index in [9.17, 15) is 27.6 Å². The Balaban J connectivity index is 2.16. The number of nitrogens with one attached hydrogen (secondary N) is 1. The van der Waals surface area contributed by atoms with E-state index in [-0.39, 0.29) is 17.8 Å². The van der Waals surface area contributed by atoms with Gasteiger partial charge in [0.25, 0.3) is 5.91 Å². The van der Waals surface area contributed by atoms with Gasteiger partial charge in [-0.3, -0.25) is 14.4 Å². The van der Waals surface area contributed by atoms with E-state index in [4.69, 9.17) is 5.73 Å². The molecule has 0 heterocycles. The van der Waals surface area contributed by atoms with Crippen molar-refractivity contribution >= 4 is 17.6 Å². The second-order valence-corrected chi connectivity index (χ2v) is 5.83. The van der Waals surface area contributed by atoms with Crippen LogP contribution < -0.4 is 11.1 Å². The Morgan fingerprint density at radius 1 is 1.29 bits per heavy atom. The second-order valence-electron chi connectivity index (χ2n) is 5.83. The molecular weight excluding hydrogens is 325 g/mol. The molecule has 1 saturated carbocycles. The number of ketones is 1. The third-order valence-electron chi connectivity index (χ3n) is 4.04. The first-order chi connectivity index (χ1) is 11.2. The molecule has 0 spiro atoms. The highest BCUT2D eigenvalue weighted by Crippen LogP contribution is 2.30. The normalized spacial score (nSPS) is 19.6. The van der Waals surface area contributed by atoms with Gasteiger partial charge in [-0.2, -0.15) is 13.2 Å². The van der Waals surface area contributed by atoms with Gasteiger partial charge in [0.2, 0.25) is 5.91 Å². The lowest BCUT2D eigenvalue weighted by Crippen LogP contribution is -2.50. The van der Waals surface area contributed by atoms with Gasteiger partial charge in [0.05, 0.1) is 5.56 Å². The van der Waals surface area contributed by atoms with Crippen LogP contribution in [-0.2, 0) is 15.8 Å². The Morgan fingerprint density at radius 2 is 2.00 bits per heavy atom. The monoisotopic (exact) mass is 342 g/mol. The van der Waals surface area contributed by atoms with Crippen LogP contribution in [0.2, 0.25) is 0 Å². The zero-order valence-electron chi connectivity index (χ0n) is 12.7. The first-order valence-electron chi connectivity index (χ1n) is 7.47. The number of carbonyl (C=O) groups excluding carboxylic acids is 3. The summed E-state index contributed by atoms with van der Waals surface area (Å²) in [6.45, 7) is 0. The zero-order valence-corrected chi connectivity index (χ0v) is 12.7. The van der Waals surface area contributed by atoms with Gasteiger partial charge in [-0.15, -0.1) is 0 Å². The van der Waals surface area contributed by atoms with Gasteiger partial charge in [0.1, 0.15) is 11.8 Å². The average Bonchev–Trinajstić information content (AvgIpc) is 2.51. The highest BCUT2D eigenvalue weighted by atomic mass is 19.4. The van der Waals surface area contributed by atoms with E-state index in [1.54, 1.807) is 0 Å². The highest BCUT2D eigenvalue weighted by Gasteiger charge is 2.34. The molecule has 0 unspecified atom stereocenters. The Bertz CT molecular complexity index is 658. The number of alkyl halides is 3.